The third-order valence-corrected chi connectivity index (χ3v) is 2.95. The van der Waals surface area contributed by atoms with E-state index >= 15 is 0 Å². The first-order valence-corrected chi connectivity index (χ1v) is 6.69. The first-order chi connectivity index (χ1) is 8.10. The van der Waals surface area contributed by atoms with Crippen molar-refractivity contribution in [2.45, 2.75) is 66.2 Å². The molecule has 0 aromatic carbocycles. The van der Waals surface area contributed by atoms with Gasteiger partial charge in [0.15, 0.2) is 6.23 Å². The number of rotatable bonds is 8. The predicted octanol–water partition coefficient (Wildman–Crippen LogP) is 3.35. The average molecular weight is 241 g/mol. The van der Waals surface area contributed by atoms with Crippen molar-refractivity contribution in [2.75, 3.05) is 6.54 Å². The van der Waals surface area contributed by atoms with Crippen molar-refractivity contribution in [2.24, 2.45) is 0 Å². The summed E-state index contributed by atoms with van der Waals surface area (Å²) in [7, 11) is 0. The maximum absolute atomic E-state index is 11.4. The van der Waals surface area contributed by atoms with Crippen LogP contribution in [-0.2, 0) is 9.53 Å². The molecule has 0 rings (SSSR count). The van der Waals surface area contributed by atoms with Crippen molar-refractivity contribution in [3.8, 4) is 0 Å². The lowest BCUT2D eigenvalue weighted by molar-refractivity contribution is -0.154. The van der Waals surface area contributed by atoms with Gasteiger partial charge in [0.1, 0.15) is 0 Å². The third-order valence-electron chi connectivity index (χ3n) is 2.95. The Hall–Kier alpha value is -0.830. The van der Waals surface area contributed by atoms with Crippen molar-refractivity contribution in [1.29, 1.82) is 0 Å². The Morgan fingerprint density at radius 3 is 2.29 bits per heavy atom. The molecule has 100 valence electrons. The normalized spacial score (nSPS) is 13.6. The number of hydrogen-bond donors (Lipinski definition) is 0. The van der Waals surface area contributed by atoms with Crippen LogP contribution in [0.4, 0.5) is 0 Å². The van der Waals surface area contributed by atoms with Crippen LogP contribution in [0, 0.1) is 0 Å². The summed E-state index contributed by atoms with van der Waals surface area (Å²) in [5.41, 5.74) is 0. The lowest BCUT2D eigenvalue weighted by Gasteiger charge is -2.34. The topological polar surface area (TPSA) is 29.5 Å². The molecule has 0 fully saturated rings. The summed E-state index contributed by atoms with van der Waals surface area (Å²) < 4.78 is 5.39. The van der Waals surface area contributed by atoms with Crippen LogP contribution in [0.2, 0.25) is 0 Å². The second kappa shape index (κ2) is 9.23. The molecule has 0 saturated carbocycles. The van der Waals surface area contributed by atoms with Crippen molar-refractivity contribution < 1.29 is 9.53 Å². The molecule has 0 aliphatic heterocycles. The summed E-state index contributed by atoms with van der Waals surface area (Å²) in [5.74, 6) is -0.257. The zero-order chi connectivity index (χ0) is 13.3. The Morgan fingerprint density at radius 2 is 1.88 bits per heavy atom. The molecular formula is C14H27NO2. The van der Waals surface area contributed by atoms with Gasteiger partial charge in [-0.3, -0.25) is 4.90 Å². The molecule has 17 heavy (non-hydrogen) atoms. The fourth-order valence-electron chi connectivity index (χ4n) is 2.09. The van der Waals surface area contributed by atoms with Crippen LogP contribution in [0.5, 0.6) is 0 Å². The molecule has 1 atom stereocenters. The first kappa shape index (κ1) is 16.2. The van der Waals surface area contributed by atoms with Crippen LogP contribution in [-0.4, -0.2) is 29.7 Å². The third kappa shape index (κ3) is 5.87. The van der Waals surface area contributed by atoms with E-state index in [2.05, 4.69) is 25.7 Å². The minimum Gasteiger partial charge on any atom is -0.443 e. The van der Waals surface area contributed by atoms with Crippen molar-refractivity contribution in [3.05, 3.63) is 12.2 Å². The molecule has 0 N–H and O–H groups in total. The van der Waals surface area contributed by atoms with E-state index in [1.807, 2.05) is 13.8 Å². The van der Waals surface area contributed by atoms with Crippen LogP contribution < -0.4 is 0 Å². The maximum Gasteiger partial charge on any atom is 0.331 e. The van der Waals surface area contributed by atoms with Gasteiger partial charge in [-0.25, -0.2) is 4.79 Å². The number of allylic oxidation sites excluding steroid dienone is 1. The van der Waals surface area contributed by atoms with Gasteiger partial charge in [-0.05, 0) is 33.1 Å². The monoisotopic (exact) mass is 241 g/mol. The SMILES string of the molecule is C/C=C\C(=O)OC(C)N(CCC)C(CC)CC. The Kier molecular flexibility index (Phi) is 8.78. The van der Waals surface area contributed by atoms with Crippen LogP contribution in [0.15, 0.2) is 12.2 Å². The van der Waals surface area contributed by atoms with Crippen molar-refractivity contribution in [1.82, 2.24) is 4.90 Å². The molecule has 0 bridgehead atoms. The Morgan fingerprint density at radius 1 is 1.29 bits per heavy atom. The second-order valence-electron chi connectivity index (χ2n) is 4.24. The standard InChI is InChI=1S/C14H27NO2/c1-6-10-14(16)17-12(5)15(11-7-2)13(8-3)9-4/h6,10,12-13H,7-9,11H2,1-5H3/b10-6-. The zero-order valence-electron chi connectivity index (χ0n) is 11.9. The molecule has 0 aliphatic rings. The van der Waals surface area contributed by atoms with Crippen LogP contribution in [0.25, 0.3) is 0 Å². The summed E-state index contributed by atoms with van der Waals surface area (Å²) in [6.45, 7) is 11.2. The lowest BCUT2D eigenvalue weighted by atomic mass is 10.1. The van der Waals surface area contributed by atoms with Crippen molar-refractivity contribution in [3.63, 3.8) is 0 Å². The van der Waals surface area contributed by atoms with Crippen LogP contribution in [0.1, 0.15) is 53.9 Å². The lowest BCUT2D eigenvalue weighted by Crippen LogP contribution is -2.43. The van der Waals surface area contributed by atoms with E-state index in [1.54, 1.807) is 6.08 Å². The molecule has 1 unspecified atom stereocenters. The van der Waals surface area contributed by atoms with E-state index in [-0.39, 0.29) is 12.2 Å². The number of nitrogens with zero attached hydrogens (tertiary/aromatic N) is 1. The summed E-state index contributed by atoms with van der Waals surface area (Å²) in [6, 6.07) is 0.489. The first-order valence-electron chi connectivity index (χ1n) is 6.69. The molecule has 3 nitrogen and oxygen atoms in total. The summed E-state index contributed by atoms with van der Waals surface area (Å²) in [5, 5.41) is 0. The van der Waals surface area contributed by atoms with Gasteiger partial charge in [-0.2, -0.15) is 0 Å². The van der Waals surface area contributed by atoms with Gasteiger partial charge in [0.2, 0.25) is 0 Å². The minimum atomic E-state index is -0.257. The van der Waals surface area contributed by atoms with Gasteiger partial charge in [-0.1, -0.05) is 26.8 Å². The van der Waals surface area contributed by atoms with Crippen LogP contribution in [0.3, 0.4) is 0 Å². The van der Waals surface area contributed by atoms with E-state index in [4.69, 9.17) is 4.74 Å². The number of ether oxygens (including phenoxy) is 1. The highest BCUT2D eigenvalue weighted by Gasteiger charge is 2.22. The fourth-order valence-corrected chi connectivity index (χ4v) is 2.09. The van der Waals surface area contributed by atoms with Crippen LogP contribution >= 0.6 is 0 Å². The molecule has 0 radical (unpaired) electrons. The van der Waals surface area contributed by atoms with Gasteiger partial charge in [0.25, 0.3) is 0 Å². The number of carbonyl (C=O) groups excluding carboxylic acids is 1. The summed E-state index contributed by atoms with van der Waals surface area (Å²) in [6.07, 6.45) is 6.26. The summed E-state index contributed by atoms with van der Waals surface area (Å²) >= 11 is 0. The van der Waals surface area contributed by atoms with E-state index in [0.717, 1.165) is 25.8 Å². The number of hydrogen-bond acceptors (Lipinski definition) is 3. The average Bonchev–Trinajstić information content (AvgIpc) is 2.29. The van der Waals surface area contributed by atoms with E-state index in [9.17, 15) is 4.79 Å². The largest absolute Gasteiger partial charge is 0.443 e. The number of carbonyl (C=O) groups is 1. The Labute approximate surface area is 106 Å². The second-order valence-corrected chi connectivity index (χ2v) is 4.24. The zero-order valence-corrected chi connectivity index (χ0v) is 11.9. The molecule has 0 aromatic rings. The summed E-state index contributed by atoms with van der Waals surface area (Å²) in [4.78, 5) is 13.7. The molecule has 0 spiro atoms. The highest BCUT2D eigenvalue weighted by atomic mass is 16.6. The molecule has 0 saturated heterocycles. The molecule has 3 heteroatoms. The maximum atomic E-state index is 11.4. The highest BCUT2D eigenvalue weighted by Crippen LogP contribution is 2.14. The van der Waals surface area contributed by atoms with E-state index in [0.29, 0.717) is 6.04 Å². The van der Waals surface area contributed by atoms with Gasteiger partial charge >= 0.3 is 5.97 Å². The molecular weight excluding hydrogens is 214 g/mol. The smallest absolute Gasteiger partial charge is 0.331 e. The predicted molar refractivity (Wildman–Crippen MR) is 71.7 cm³/mol. The quantitative estimate of drug-likeness (QED) is 0.371. The van der Waals surface area contributed by atoms with E-state index < -0.39 is 0 Å². The Bertz CT molecular complexity index is 234. The molecule has 0 aromatic heterocycles. The minimum absolute atomic E-state index is 0.149. The molecule has 0 aliphatic carbocycles. The van der Waals surface area contributed by atoms with Gasteiger partial charge < -0.3 is 4.74 Å². The fraction of sp³-hybridized carbons (Fsp3) is 0.786. The van der Waals surface area contributed by atoms with Gasteiger partial charge in [-0.15, -0.1) is 0 Å². The number of esters is 1. The van der Waals surface area contributed by atoms with Gasteiger partial charge in [0.05, 0.1) is 0 Å². The van der Waals surface area contributed by atoms with Gasteiger partial charge in [0, 0.05) is 18.7 Å². The van der Waals surface area contributed by atoms with E-state index in [1.165, 1.54) is 6.08 Å². The molecule has 0 heterocycles. The Balaban J connectivity index is 4.51. The molecule has 0 amide bonds. The highest BCUT2D eigenvalue weighted by molar-refractivity contribution is 5.81. The van der Waals surface area contributed by atoms with Crippen molar-refractivity contribution >= 4 is 5.97 Å².